The number of anilines is 1. The topological polar surface area (TPSA) is 109 Å². The fraction of sp³-hybridized carbons (Fsp3) is 0.259. The zero-order valence-electron chi connectivity index (χ0n) is 21.4. The van der Waals surface area contributed by atoms with Crippen molar-refractivity contribution < 1.29 is 33.3 Å². The molecule has 1 atom stereocenters. The Morgan fingerprint density at radius 1 is 0.895 bits per heavy atom. The largest absolute Gasteiger partial charge is 0.481 e. The third-order valence-electron chi connectivity index (χ3n) is 5.69. The standard InChI is InChI=1S/C27H27N3O7S/c1-33-21-14-22(34-2)29-25(28-21)24(17-8-6-5-7-9-17)38-19-12-10-18(11-13-19)30-16-37-15-20(26(31)35-3)23(30)27(32)36-4/h5-14,24H,15-16H2,1-4H3. The van der Waals surface area contributed by atoms with Crippen LogP contribution in [0.2, 0.25) is 0 Å². The maximum atomic E-state index is 12.6. The molecule has 0 saturated heterocycles. The van der Waals surface area contributed by atoms with Crippen molar-refractivity contribution in [1.29, 1.82) is 0 Å². The second-order valence-corrected chi connectivity index (χ2v) is 9.11. The zero-order valence-corrected chi connectivity index (χ0v) is 22.2. The smallest absolute Gasteiger partial charge is 0.355 e. The van der Waals surface area contributed by atoms with Gasteiger partial charge in [0.2, 0.25) is 11.8 Å². The summed E-state index contributed by atoms with van der Waals surface area (Å²) in [6, 6.07) is 19.0. The Balaban J connectivity index is 1.67. The van der Waals surface area contributed by atoms with Gasteiger partial charge >= 0.3 is 11.9 Å². The molecule has 0 aliphatic carbocycles. The number of benzene rings is 2. The number of esters is 2. The van der Waals surface area contributed by atoms with Crippen molar-refractivity contribution in [2.75, 3.05) is 46.7 Å². The molecule has 3 aromatic rings. The summed E-state index contributed by atoms with van der Waals surface area (Å²) in [7, 11) is 5.60. The normalized spacial score (nSPS) is 14.1. The summed E-state index contributed by atoms with van der Waals surface area (Å²) >= 11 is 1.55. The average molecular weight is 538 g/mol. The summed E-state index contributed by atoms with van der Waals surface area (Å²) in [6.07, 6.45) is 0. The van der Waals surface area contributed by atoms with Gasteiger partial charge < -0.3 is 28.6 Å². The van der Waals surface area contributed by atoms with Gasteiger partial charge in [-0.2, -0.15) is 9.97 Å². The summed E-state index contributed by atoms with van der Waals surface area (Å²) in [5, 5.41) is -0.263. The molecule has 0 fully saturated rings. The van der Waals surface area contributed by atoms with Crippen molar-refractivity contribution in [1.82, 2.24) is 9.97 Å². The Morgan fingerprint density at radius 3 is 2.11 bits per heavy atom. The van der Waals surface area contributed by atoms with Gasteiger partial charge in [0.15, 0.2) is 5.82 Å². The molecule has 2 heterocycles. The lowest BCUT2D eigenvalue weighted by molar-refractivity contribution is -0.140. The molecule has 0 bridgehead atoms. The fourth-order valence-electron chi connectivity index (χ4n) is 3.83. The molecule has 0 N–H and O–H groups in total. The lowest BCUT2D eigenvalue weighted by atomic mass is 10.1. The van der Waals surface area contributed by atoms with Crippen LogP contribution in [0.15, 0.2) is 76.8 Å². The van der Waals surface area contributed by atoms with E-state index in [1.165, 1.54) is 14.2 Å². The van der Waals surface area contributed by atoms with Crippen LogP contribution < -0.4 is 14.4 Å². The number of hydrogen-bond acceptors (Lipinski definition) is 11. The maximum Gasteiger partial charge on any atom is 0.355 e. The number of rotatable bonds is 9. The van der Waals surface area contributed by atoms with E-state index in [0.717, 1.165) is 10.5 Å². The van der Waals surface area contributed by atoms with Crippen LogP contribution >= 0.6 is 11.8 Å². The highest BCUT2D eigenvalue weighted by atomic mass is 32.2. The molecule has 1 aliphatic heterocycles. The van der Waals surface area contributed by atoms with Crippen LogP contribution in [0, 0.1) is 0 Å². The first-order valence-electron chi connectivity index (χ1n) is 11.5. The van der Waals surface area contributed by atoms with Crippen LogP contribution in [0.4, 0.5) is 5.69 Å². The molecule has 11 heteroatoms. The molecule has 2 aromatic carbocycles. The Kier molecular flexibility index (Phi) is 8.82. The van der Waals surface area contributed by atoms with E-state index >= 15 is 0 Å². The van der Waals surface area contributed by atoms with Crippen LogP contribution in [-0.2, 0) is 23.8 Å². The van der Waals surface area contributed by atoms with E-state index in [4.69, 9.17) is 23.7 Å². The quantitative estimate of drug-likeness (QED) is 0.294. The zero-order chi connectivity index (χ0) is 27.1. The predicted molar refractivity (Wildman–Crippen MR) is 140 cm³/mol. The molecule has 1 aromatic heterocycles. The van der Waals surface area contributed by atoms with Gasteiger partial charge in [-0.3, -0.25) is 0 Å². The number of thioether (sulfide) groups is 1. The van der Waals surface area contributed by atoms with Crippen molar-refractivity contribution >= 4 is 29.4 Å². The lowest BCUT2D eigenvalue weighted by Gasteiger charge is -2.31. The summed E-state index contributed by atoms with van der Waals surface area (Å²) in [6.45, 7) is 0.0196. The Hall–Kier alpha value is -4.09. The first-order valence-corrected chi connectivity index (χ1v) is 12.4. The molecule has 0 amide bonds. The van der Waals surface area contributed by atoms with Gasteiger partial charge in [0.05, 0.1) is 51.9 Å². The van der Waals surface area contributed by atoms with Gasteiger partial charge in [0.1, 0.15) is 12.4 Å². The molecule has 0 radical (unpaired) electrons. The summed E-state index contributed by atoms with van der Waals surface area (Å²) in [5.74, 6) is 0.0291. The molecule has 198 valence electrons. The van der Waals surface area contributed by atoms with Crippen molar-refractivity contribution in [3.63, 3.8) is 0 Å². The first kappa shape index (κ1) is 27.0. The molecule has 4 rings (SSSR count). The Labute approximate surface area is 224 Å². The molecule has 0 saturated carbocycles. The van der Waals surface area contributed by atoms with Crippen molar-refractivity contribution in [3.8, 4) is 11.8 Å². The maximum absolute atomic E-state index is 12.6. The lowest BCUT2D eigenvalue weighted by Crippen LogP contribution is -2.38. The van der Waals surface area contributed by atoms with Crippen molar-refractivity contribution in [2.45, 2.75) is 10.1 Å². The minimum Gasteiger partial charge on any atom is -0.481 e. The summed E-state index contributed by atoms with van der Waals surface area (Å²) < 4.78 is 26.0. The van der Waals surface area contributed by atoms with E-state index in [9.17, 15) is 9.59 Å². The van der Waals surface area contributed by atoms with Crippen LogP contribution in [0.3, 0.4) is 0 Å². The number of carbonyl (C=O) groups excluding carboxylic acids is 2. The Morgan fingerprint density at radius 2 is 1.53 bits per heavy atom. The van der Waals surface area contributed by atoms with E-state index < -0.39 is 11.9 Å². The third kappa shape index (κ3) is 5.90. The number of aromatic nitrogens is 2. The highest BCUT2D eigenvalue weighted by molar-refractivity contribution is 7.99. The Bertz CT molecular complexity index is 1290. The second-order valence-electron chi connectivity index (χ2n) is 7.93. The predicted octanol–water partition coefficient (Wildman–Crippen LogP) is 3.77. The van der Waals surface area contributed by atoms with Crippen LogP contribution in [0.5, 0.6) is 11.8 Å². The number of nitrogens with zero attached hydrogens (tertiary/aromatic N) is 3. The number of carbonyl (C=O) groups is 2. The molecular weight excluding hydrogens is 510 g/mol. The first-order chi connectivity index (χ1) is 18.5. The number of methoxy groups -OCH3 is 4. The van der Waals surface area contributed by atoms with Gasteiger partial charge in [0, 0.05) is 10.6 Å². The number of hydrogen-bond donors (Lipinski definition) is 0. The average Bonchev–Trinajstić information content (AvgIpc) is 2.99. The minimum atomic E-state index is -0.652. The molecule has 1 unspecified atom stereocenters. The molecule has 10 nitrogen and oxygen atoms in total. The van der Waals surface area contributed by atoms with E-state index in [-0.39, 0.29) is 29.9 Å². The second kappa shape index (κ2) is 12.4. The number of ether oxygens (including phenoxy) is 5. The van der Waals surface area contributed by atoms with Crippen molar-refractivity contribution in [2.24, 2.45) is 0 Å². The van der Waals surface area contributed by atoms with Crippen molar-refractivity contribution in [3.05, 3.63) is 83.3 Å². The van der Waals surface area contributed by atoms with Gasteiger partial charge in [-0.1, -0.05) is 30.3 Å². The van der Waals surface area contributed by atoms with E-state index in [1.54, 1.807) is 36.9 Å². The highest BCUT2D eigenvalue weighted by Gasteiger charge is 2.32. The monoisotopic (exact) mass is 537 g/mol. The van der Waals surface area contributed by atoms with Gasteiger partial charge in [0.25, 0.3) is 0 Å². The van der Waals surface area contributed by atoms with Gasteiger partial charge in [-0.15, -0.1) is 11.8 Å². The minimum absolute atomic E-state index is 0.0513. The third-order valence-corrected chi connectivity index (χ3v) is 6.95. The van der Waals surface area contributed by atoms with Crippen LogP contribution in [0.25, 0.3) is 0 Å². The van der Waals surface area contributed by atoms with Gasteiger partial charge in [-0.25, -0.2) is 9.59 Å². The molecule has 1 aliphatic rings. The fourth-order valence-corrected chi connectivity index (χ4v) is 4.90. The van der Waals surface area contributed by atoms with Crippen LogP contribution in [0.1, 0.15) is 16.6 Å². The summed E-state index contributed by atoms with van der Waals surface area (Å²) in [4.78, 5) is 36.5. The highest BCUT2D eigenvalue weighted by Crippen LogP contribution is 2.41. The molecule has 0 spiro atoms. The molecular formula is C27H27N3O7S. The van der Waals surface area contributed by atoms with E-state index in [1.807, 2.05) is 54.6 Å². The van der Waals surface area contributed by atoms with E-state index in [0.29, 0.717) is 23.3 Å². The van der Waals surface area contributed by atoms with Gasteiger partial charge in [-0.05, 0) is 29.8 Å². The van der Waals surface area contributed by atoms with Crippen LogP contribution in [-0.4, -0.2) is 63.7 Å². The molecule has 38 heavy (non-hydrogen) atoms. The summed E-state index contributed by atoms with van der Waals surface area (Å²) in [5.41, 5.74) is 1.83. The SMILES string of the molecule is COC(=O)C1=C(C(=O)OC)N(c2ccc(SC(c3ccccc3)c3nc(OC)cc(OC)n3)cc2)COC1. The van der Waals surface area contributed by atoms with E-state index in [2.05, 4.69) is 9.97 Å².